The van der Waals surface area contributed by atoms with E-state index in [1.807, 2.05) is 24.5 Å². The van der Waals surface area contributed by atoms with E-state index < -0.39 is 0 Å². The summed E-state index contributed by atoms with van der Waals surface area (Å²) in [4.78, 5) is 8.37. The van der Waals surface area contributed by atoms with Crippen molar-refractivity contribution in [3.63, 3.8) is 0 Å². The van der Waals surface area contributed by atoms with E-state index in [0.717, 1.165) is 30.4 Å². The number of guanidine groups is 1. The standard InChI is InChI=1S/C22H32N4OS.HI/c1-16-13-17(9-10-19(16)27-4)14-24-22(23-2)25-15-18-7-5-11-26(3)21(18)20-8-6-12-28-20;/h6,8-10,12-13,18,21H,5,7,11,14-15H2,1-4H3,(H2,23,24,25);1H. The van der Waals surface area contributed by atoms with E-state index >= 15 is 0 Å². The van der Waals surface area contributed by atoms with Crippen LogP contribution in [0.5, 0.6) is 5.75 Å². The number of benzene rings is 1. The molecule has 2 heterocycles. The number of piperidine rings is 1. The third-order valence-electron chi connectivity index (χ3n) is 5.52. The van der Waals surface area contributed by atoms with E-state index in [1.165, 1.54) is 29.8 Å². The lowest BCUT2D eigenvalue weighted by Gasteiger charge is -2.39. The molecule has 2 unspecified atom stereocenters. The predicted octanol–water partition coefficient (Wildman–Crippen LogP) is 4.43. The van der Waals surface area contributed by atoms with Gasteiger partial charge in [0.05, 0.1) is 7.11 Å². The fourth-order valence-corrected chi connectivity index (χ4v) is 5.05. The van der Waals surface area contributed by atoms with Gasteiger partial charge in [0.2, 0.25) is 0 Å². The Balaban J connectivity index is 0.00000300. The SMILES string of the molecule is CN=C(NCc1ccc(OC)c(C)c1)NCC1CCCN(C)C1c1cccs1.I. The number of likely N-dealkylation sites (tertiary alicyclic amines) is 1. The Bertz CT molecular complexity index is 781. The highest BCUT2D eigenvalue weighted by atomic mass is 127. The molecule has 1 aliphatic heterocycles. The number of aryl methyl sites for hydroxylation is 1. The monoisotopic (exact) mass is 528 g/mol. The molecule has 1 saturated heterocycles. The first-order valence-corrected chi connectivity index (χ1v) is 10.8. The van der Waals surface area contributed by atoms with Gasteiger partial charge in [-0.1, -0.05) is 18.2 Å². The molecule has 5 nitrogen and oxygen atoms in total. The van der Waals surface area contributed by atoms with Gasteiger partial charge in [-0.3, -0.25) is 9.89 Å². The topological polar surface area (TPSA) is 48.9 Å². The smallest absolute Gasteiger partial charge is 0.191 e. The maximum Gasteiger partial charge on any atom is 0.191 e. The molecular formula is C22H33IN4OS. The van der Waals surface area contributed by atoms with Gasteiger partial charge in [0.25, 0.3) is 0 Å². The first kappa shape index (κ1) is 24.0. The minimum Gasteiger partial charge on any atom is -0.496 e. The molecule has 29 heavy (non-hydrogen) atoms. The quantitative estimate of drug-likeness (QED) is 0.331. The van der Waals surface area contributed by atoms with Gasteiger partial charge in [-0.2, -0.15) is 0 Å². The minimum atomic E-state index is 0. The van der Waals surface area contributed by atoms with Crippen LogP contribution in [-0.2, 0) is 6.54 Å². The molecule has 0 amide bonds. The zero-order valence-corrected chi connectivity index (χ0v) is 20.9. The van der Waals surface area contributed by atoms with Crippen molar-refractivity contribution in [2.75, 3.05) is 34.3 Å². The first-order valence-electron chi connectivity index (χ1n) is 9.94. The minimum absolute atomic E-state index is 0. The van der Waals surface area contributed by atoms with Gasteiger partial charge < -0.3 is 15.4 Å². The summed E-state index contributed by atoms with van der Waals surface area (Å²) in [5.74, 6) is 2.36. The predicted molar refractivity (Wildman–Crippen MR) is 134 cm³/mol. The van der Waals surface area contributed by atoms with Crippen LogP contribution in [0.1, 0.15) is 34.9 Å². The fourth-order valence-electron chi connectivity index (χ4n) is 4.07. The Labute approximate surface area is 196 Å². The molecule has 0 saturated carbocycles. The van der Waals surface area contributed by atoms with Crippen LogP contribution >= 0.6 is 35.3 Å². The zero-order chi connectivity index (χ0) is 19.9. The van der Waals surface area contributed by atoms with E-state index in [0.29, 0.717) is 12.0 Å². The number of thiophene rings is 1. The molecule has 0 radical (unpaired) electrons. The molecule has 0 aliphatic carbocycles. The van der Waals surface area contributed by atoms with Crippen molar-refractivity contribution in [3.05, 3.63) is 51.7 Å². The van der Waals surface area contributed by atoms with Crippen molar-refractivity contribution in [1.82, 2.24) is 15.5 Å². The van der Waals surface area contributed by atoms with Gasteiger partial charge in [0.15, 0.2) is 5.96 Å². The van der Waals surface area contributed by atoms with E-state index in [9.17, 15) is 0 Å². The zero-order valence-electron chi connectivity index (χ0n) is 17.8. The van der Waals surface area contributed by atoms with Crippen LogP contribution in [-0.4, -0.2) is 45.2 Å². The van der Waals surface area contributed by atoms with Crippen molar-refractivity contribution in [2.45, 2.75) is 32.4 Å². The Hall–Kier alpha value is -1.32. The number of ether oxygens (including phenoxy) is 1. The molecule has 1 fully saturated rings. The largest absolute Gasteiger partial charge is 0.496 e. The van der Waals surface area contributed by atoms with E-state index in [2.05, 4.69) is 64.1 Å². The van der Waals surface area contributed by atoms with Crippen molar-refractivity contribution in [2.24, 2.45) is 10.9 Å². The van der Waals surface area contributed by atoms with Crippen LogP contribution in [0, 0.1) is 12.8 Å². The Kier molecular flexibility index (Phi) is 9.71. The van der Waals surface area contributed by atoms with E-state index in [4.69, 9.17) is 4.74 Å². The summed E-state index contributed by atoms with van der Waals surface area (Å²) in [6, 6.07) is 11.2. The second kappa shape index (κ2) is 11.8. The Morgan fingerprint density at radius 1 is 1.31 bits per heavy atom. The summed E-state index contributed by atoms with van der Waals surface area (Å²) in [6.45, 7) is 4.90. The van der Waals surface area contributed by atoms with Gasteiger partial charge in [0, 0.05) is 31.1 Å². The Morgan fingerprint density at radius 3 is 2.79 bits per heavy atom. The summed E-state index contributed by atoms with van der Waals surface area (Å²) < 4.78 is 5.34. The van der Waals surface area contributed by atoms with Crippen LogP contribution in [0.2, 0.25) is 0 Å². The van der Waals surface area contributed by atoms with E-state index in [1.54, 1.807) is 7.11 Å². The van der Waals surface area contributed by atoms with Gasteiger partial charge in [-0.15, -0.1) is 35.3 Å². The molecule has 1 aliphatic rings. The number of aliphatic imine (C=N–C) groups is 1. The van der Waals surface area contributed by atoms with Gasteiger partial charge in [-0.25, -0.2) is 0 Å². The second-order valence-corrected chi connectivity index (χ2v) is 8.43. The highest BCUT2D eigenvalue weighted by Gasteiger charge is 2.31. The Morgan fingerprint density at radius 2 is 2.14 bits per heavy atom. The summed E-state index contributed by atoms with van der Waals surface area (Å²) in [5, 5.41) is 9.17. The lowest BCUT2D eigenvalue weighted by Crippen LogP contribution is -2.44. The number of halogens is 1. The third-order valence-corrected chi connectivity index (χ3v) is 6.46. The van der Waals surface area contributed by atoms with Crippen molar-refractivity contribution >= 4 is 41.3 Å². The second-order valence-electron chi connectivity index (χ2n) is 7.45. The summed E-state index contributed by atoms with van der Waals surface area (Å²) >= 11 is 1.86. The third kappa shape index (κ3) is 6.33. The van der Waals surface area contributed by atoms with Crippen LogP contribution in [0.3, 0.4) is 0 Å². The van der Waals surface area contributed by atoms with Gasteiger partial charge >= 0.3 is 0 Å². The van der Waals surface area contributed by atoms with Crippen LogP contribution in [0.4, 0.5) is 0 Å². The average Bonchev–Trinajstić information content (AvgIpc) is 3.22. The average molecular weight is 529 g/mol. The molecule has 7 heteroatoms. The normalized spacial score (nSPS) is 20.1. The molecular weight excluding hydrogens is 495 g/mol. The van der Waals surface area contributed by atoms with Crippen molar-refractivity contribution < 1.29 is 4.74 Å². The summed E-state index contributed by atoms with van der Waals surface area (Å²) in [7, 11) is 5.78. The molecule has 3 rings (SSSR count). The number of methoxy groups -OCH3 is 1. The number of nitrogens with one attached hydrogen (secondary N) is 2. The lowest BCUT2D eigenvalue weighted by molar-refractivity contribution is 0.125. The maximum absolute atomic E-state index is 5.34. The molecule has 2 atom stereocenters. The van der Waals surface area contributed by atoms with Crippen molar-refractivity contribution in [3.8, 4) is 5.75 Å². The molecule has 2 N–H and O–H groups in total. The number of hydrogen-bond acceptors (Lipinski definition) is 4. The first-order chi connectivity index (χ1) is 13.6. The van der Waals surface area contributed by atoms with Gasteiger partial charge in [-0.05, 0) is 67.9 Å². The highest BCUT2D eigenvalue weighted by molar-refractivity contribution is 14.0. The lowest BCUT2D eigenvalue weighted by atomic mass is 9.88. The summed E-state index contributed by atoms with van der Waals surface area (Å²) in [5.41, 5.74) is 2.36. The van der Waals surface area contributed by atoms with Gasteiger partial charge in [0.1, 0.15) is 5.75 Å². The highest BCUT2D eigenvalue weighted by Crippen LogP contribution is 2.36. The van der Waals surface area contributed by atoms with E-state index in [-0.39, 0.29) is 24.0 Å². The van der Waals surface area contributed by atoms with Crippen LogP contribution in [0.15, 0.2) is 40.7 Å². The summed E-state index contributed by atoms with van der Waals surface area (Å²) in [6.07, 6.45) is 2.50. The molecule has 0 spiro atoms. The van der Waals surface area contributed by atoms with Crippen LogP contribution < -0.4 is 15.4 Å². The fraction of sp³-hybridized carbons (Fsp3) is 0.500. The number of rotatable bonds is 6. The molecule has 1 aromatic heterocycles. The molecule has 0 bridgehead atoms. The number of nitrogens with zero attached hydrogens (tertiary/aromatic N) is 2. The number of hydrogen-bond donors (Lipinski definition) is 2. The maximum atomic E-state index is 5.34. The molecule has 1 aromatic carbocycles. The van der Waals surface area contributed by atoms with Crippen LogP contribution in [0.25, 0.3) is 0 Å². The molecule has 2 aromatic rings. The van der Waals surface area contributed by atoms with Crippen molar-refractivity contribution in [1.29, 1.82) is 0 Å². The molecule has 160 valence electrons.